The number of carboxylic acids is 1. The van der Waals surface area contributed by atoms with E-state index in [2.05, 4.69) is 17.5 Å². The van der Waals surface area contributed by atoms with Crippen molar-refractivity contribution in [3.05, 3.63) is 65.1 Å². The van der Waals surface area contributed by atoms with Crippen molar-refractivity contribution in [1.82, 2.24) is 0 Å². The molecule has 0 aromatic heterocycles. The minimum atomic E-state index is -0.889. The van der Waals surface area contributed by atoms with Gasteiger partial charge in [0, 0.05) is 30.0 Å². The third kappa shape index (κ3) is 2.68. The van der Waals surface area contributed by atoms with Crippen molar-refractivity contribution in [2.45, 2.75) is 24.8 Å². The molecule has 4 rings (SSSR count). The minimum Gasteiger partial charge on any atom is -0.501 e. The lowest BCUT2D eigenvalue weighted by atomic mass is 9.72. The Morgan fingerprint density at radius 3 is 2.81 bits per heavy atom. The molecule has 136 valence electrons. The van der Waals surface area contributed by atoms with Gasteiger partial charge in [-0.15, -0.1) is 0 Å². The Labute approximate surface area is 153 Å². The molecule has 26 heavy (non-hydrogen) atoms. The second kappa shape index (κ2) is 6.56. The molecule has 1 aromatic rings. The van der Waals surface area contributed by atoms with Crippen molar-refractivity contribution in [3.8, 4) is 0 Å². The summed E-state index contributed by atoms with van der Waals surface area (Å²) in [4.78, 5) is 11.4. The summed E-state index contributed by atoms with van der Waals surface area (Å²) in [6.45, 7) is 0. The highest BCUT2D eigenvalue weighted by Crippen LogP contribution is 2.48. The van der Waals surface area contributed by atoms with Gasteiger partial charge in [-0.3, -0.25) is 0 Å². The van der Waals surface area contributed by atoms with Crippen LogP contribution in [0.3, 0.4) is 0 Å². The Kier molecular flexibility index (Phi) is 4.23. The zero-order chi connectivity index (χ0) is 18.3. The van der Waals surface area contributed by atoms with E-state index in [1.807, 2.05) is 24.3 Å². The summed E-state index contributed by atoms with van der Waals surface area (Å²) < 4.78 is 11.1. The highest BCUT2D eigenvalue weighted by atomic mass is 16.5. The molecule has 5 nitrogen and oxygen atoms in total. The summed E-state index contributed by atoms with van der Waals surface area (Å²) in [7, 11) is 3.41. The molecule has 4 atom stereocenters. The van der Waals surface area contributed by atoms with E-state index < -0.39 is 5.97 Å². The van der Waals surface area contributed by atoms with Crippen LogP contribution in [0.4, 0.5) is 5.69 Å². The molecule has 0 bridgehead atoms. The van der Waals surface area contributed by atoms with Gasteiger partial charge in [0.15, 0.2) is 0 Å². The second-order valence-electron chi connectivity index (χ2n) is 7.05. The van der Waals surface area contributed by atoms with Crippen molar-refractivity contribution in [1.29, 1.82) is 0 Å². The number of carbonyl (C=O) groups is 1. The summed E-state index contributed by atoms with van der Waals surface area (Å²) >= 11 is 0. The van der Waals surface area contributed by atoms with Crippen LogP contribution in [0.1, 0.15) is 34.7 Å². The lowest BCUT2D eigenvalue weighted by Crippen LogP contribution is -2.43. The van der Waals surface area contributed by atoms with Crippen LogP contribution in [0.2, 0.25) is 0 Å². The predicted molar refractivity (Wildman–Crippen MR) is 99.1 cm³/mol. The fourth-order valence-electron chi connectivity index (χ4n) is 4.52. The molecule has 0 saturated heterocycles. The highest BCUT2D eigenvalue weighted by molar-refractivity contribution is 5.89. The fourth-order valence-corrected chi connectivity index (χ4v) is 4.52. The molecule has 2 aliphatic carbocycles. The van der Waals surface area contributed by atoms with Crippen LogP contribution in [0.15, 0.2) is 54.0 Å². The third-order valence-corrected chi connectivity index (χ3v) is 5.81. The van der Waals surface area contributed by atoms with Crippen LogP contribution in [0.25, 0.3) is 0 Å². The summed E-state index contributed by atoms with van der Waals surface area (Å²) in [6.07, 6.45) is 10.1. The summed E-state index contributed by atoms with van der Waals surface area (Å²) in [6, 6.07) is 5.56. The van der Waals surface area contributed by atoms with E-state index in [9.17, 15) is 9.90 Å². The van der Waals surface area contributed by atoms with E-state index in [4.69, 9.17) is 9.47 Å². The van der Waals surface area contributed by atoms with Gasteiger partial charge in [0.05, 0.1) is 25.5 Å². The van der Waals surface area contributed by atoms with E-state index in [0.29, 0.717) is 11.5 Å². The molecule has 0 amide bonds. The van der Waals surface area contributed by atoms with Crippen molar-refractivity contribution >= 4 is 11.7 Å². The van der Waals surface area contributed by atoms with E-state index >= 15 is 0 Å². The van der Waals surface area contributed by atoms with Gasteiger partial charge in [0.2, 0.25) is 0 Å². The maximum Gasteiger partial charge on any atom is 0.335 e. The SMILES string of the molecule is COC1=CC=C(OC)C([C@@H]2Nc3ccc(C(=O)O)cc3[C@@H]3C=CC[C@@H]32)C1. The number of fused-ring (bicyclic) bond motifs is 3. The Bertz CT molecular complexity index is 823. The van der Waals surface area contributed by atoms with Crippen LogP contribution in [-0.4, -0.2) is 31.3 Å². The largest absolute Gasteiger partial charge is 0.501 e. The van der Waals surface area contributed by atoms with Gasteiger partial charge >= 0.3 is 5.97 Å². The molecular weight excluding hydrogens is 330 g/mol. The number of hydrogen-bond acceptors (Lipinski definition) is 4. The first kappa shape index (κ1) is 16.8. The van der Waals surface area contributed by atoms with Gasteiger partial charge in [-0.25, -0.2) is 4.79 Å². The molecule has 0 radical (unpaired) electrons. The molecule has 1 aromatic carbocycles. The van der Waals surface area contributed by atoms with Crippen LogP contribution in [0.5, 0.6) is 0 Å². The monoisotopic (exact) mass is 353 g/mol. The maximum atomic E-state index is 11.4. The number of methoxy groups -OCH3 is 2. The molecular formula is C21H23NO4. The van der Waals surface area contributed by atoms with Gasteiger partial charge in [0.25, 0.3) is 0 Å². The fraction of sp³-hybridized carbons (Fsp3) is 0.381. The quantitative estimate of drug-likeness (QED) is 0.803. The van der Waals surface area contributed by atoms with Crippen LogP contribution < -0.4 is 5.32 Å². The summed E-state index contributed by atoms with van der Waals surface area (Å²) in [5.41, 5.74) is 2.42. The van der Waals surface area contributed by atoms with Crippen molar-refractivity contribution in [2.24, 2.45) is 11.8 Å². The number of nitrogens with one attached hydrogen (secondary N) is 1. The van der Waals surface area contributed by atoms with Crippen molar-refractivity contribution in [2.75, 3.05) is 19.5 Å². The summed E-state index contributed by atoms with van der Waals surface area (Å²) in [5.74, 6) is 1.79. The topological polar surface area (TPSA) is 67.8 Å². The molecule has 3 aliphatic rings. The standard InChI is InChI=1S/C21H23NO4/c1-25-13-7-9-19(26-2)17(11-13)20-15-5-3-4-14(15)16-10-12(21(23)24)6-8-18(16)22-20/h3-4,6-10,14-15,17,20,22H,5,11H2,1-2H3,(H,23,24)/t14-,15+,17?,20-/m1/s1. The molecule has 1 aliphatic heterocycles. The molecule has 2 N–H and O–H groups in total. The first-order chi connectivity index (χ1) is 12.6. The highest BCUT2D eigenvalue weighted by Gasteiger charge is 2.43. The summed E-state index contributed by atoms with van der Waals surface area (Å²) in [5, 5.41) is 13.0. The number of aromatic carboxylic acids is 1. The number of carboxylic acid groups (broad SMARTS) is 1. The first-order valence-corrected chi connectivity index (χ1v) is 8.91. The maximum absolute atomic E-state index is 11.4. The van der Waals surface area contributed by atoms with Gasteiger partial charge in [-0.2, -0.15) is 0 Å². The average Bonchev–Trinajstić information content (AvgIpc) is 3.16. The Balaban J connectivity index is 1.71. The van der Waals surface area contributed by atoms with E-state index in [1.54, 1.807) is 20.3 Å². The van der Waals surface area contributed by atoms with Gasteiger partial charge in [-0.1, -0.05) is 12.2 Å². The predicted octanol–water partition coefficient (Wildman–Crippen LogP) is 3.92. The lowest BCUT2D eigenvalue weighted by molar-refractivity contribution is 0.0696. The molecule has 5 heteroatoms. The van der Waals surface area contributed by atoms with E-state index in [1.165, 1.54) is 0 Å². The molecule has 0 saturated carbocycles. The number of benzene rings is 1. The normalized spacial score (nSPS) is 29.0. The number of rotatable bonds is 4. The van der Waals surface area contributed by atoms with E-state index in [-0.39, 0.29) is 17.9 Å². The van der Waals surface area contributed by atoms with Crippen molar-refractivity contribution < 1.29 is 19.4 Å². The average molecular weight is 353 g/mol. The second-order valence-corrected chi connectivity index (χ2v) is 7.05. The smallest absolute Gasteiger partial charge is 0.335 e. The number of anilines is 1. The molecule has 1 unspecified atom stereocenters. The number of hydrogen-bond donors (Lipinski definition) is 2. The zero-order valence-corrected chi connectivity index (χ0v) is 14.9. The Morgan fingerprint density at radius 2 is 2.08 bits per heavy atom. The van der Waals surface area contributed by atoms with Gasteiger partial charge < -0.3 is 19.9 Å². The van der Waals surface area contributed by atoms with Crippen LogP contribution in [-0.2, 0) is 9.47 Å². The first-order valence-electron chi connectivity index (χ1n) is 8.91. The number of allylic oxidation sites excluding steroid dienone is 5. The lowest BCUT2D eigenvalue weighted by Gasteiger charge is -2.42. The van der Waals surface area contributed by atoms with Gasteiger partial charge in [0.1, 0.15) is 5.76 Å². The molecule has 0 spiro atoms. The molecule has 1 heterocycles. The number of ether oxygens (including phenoxy) is 2. The zero-order valence-electron chi connectivity index (χ0n) is 14.9. The van der Waals surface area contributed by atoms with Crippen molar-refractivity contribution in [3.63, 3.8) is 0 Å². The van der Waals surface area contributed by atoms with Crippen LogP contribution in [0, 0.1) is 11.8 Å². The molecule has 0 fully saturated rings. The Hall–Kier alpha value is -2.69. The third-order valence-electron chi connectivity index (χ3n) is 5.81. The van der Waals surface area contributed by atoms with E-state index in [0.717, 1.165) is 35.6 Å². The van der Waals surface area contributed by atoms with Crippen LogP contribution >= 0.6 is 0 Å². The van der Waals surface area contributed by atoms with Gasteiger partial charge in [-0.05, 0) is 48.3 Å². The minimum absolute atomic E-state index is 0.180. The Morgan fingerprint density at radius 1 is 1.23 bits per heavy atom.